The predicted octanol–water partition coefficient (Wildman–Crippen LogP) is 3.55. The summed E-state index contributed by atoms with van der Waals surface area (Å²) in [6.45, 7) is 5.21. The molecule has 3 rings (SSSR count). The minimum atomic E-state index is 0.125. The number of amides is 1. The molecule has 1 fully saturated rings. The highest BCUT2D eigenvalue weighted by atomic mass is 35.5. The number of ether oxygens (including phenoxy) is 1. The summed E-state index contributed by atoms with van der Waals surface area (Å²) in [4.78, 5) is 19.1. The van der Waals surface area contributed by atoms with Crippen LogP contribution >= 0.6 is 22.9 Å². The lowest BCUT2D eigenvalue weighted by Crippen LogP contribution is -2.29. The van der Waals surface area contributed by atoms with Crippen LogP contribution < -0.4 is 9.54 Å². The average molecular weight is 366 g/mol. The molecule has 2 heterocycles. The van der Waals surface area contributed by atoms with Gasteiger partial charge in [0.2, 0.25) is 5.91 Å². The Morgan fingerprint density at radius 3 is 2.92 bits per heavy atom. The number of benzene rings is 1. The fourth-order valence-corrected chi connectivity index (χ4v) is 4.08. The van der Waals surface area contributed by atoms with E-state index in [4.69, 9.17) is 21.3 Å². The topological polar surface area (TPSA) is 46.8 Å². The van der Waals surface area contributed by atoms with Crippen LogP contribution in [-0.4, -0.2) is 35.6 Å². The van der Waals surface area contributed by atoms with Gasteiger partial charge in [-0.25, -0.2) is 4.99 Å². The molecule has 1 aliphatic rings. The molecule has 128 valence electrons. The van der Waals surface area contributed by atoms with E-state index in [0.717, 1.165) is 35.8 Å². The summed E-state index contributed by atoms with van der Waals surface area (Å²) in [7, 11) is 1.62. The number of rotatable bonds is 3. The van der Waals surface area contributed by atoms with Gasteiger partial charge in [-0.15, -0.1) is 11.3 Å². The molecule has 0 N–H and O–H groups in total. The van der Waals surface area contributed by atoms with Gasteiger partial charge < -0.3 is 14.2 Å². The number of methoxy groups -OCH3 is 1. The Labute approximate surface area is 150 Å². The number of carbonyl (C=O) groups is 1. The monoisotopic (exact) mass is 365 g/mol. The molecule has 1 unspecified atom stereocenters. The quantitative estimate of drug-likeness (QED) is 0.835. The maximum absolute atomic E-state index is 11.6. The van der Waals surface area contributed by atoms with Crippen molar-refractivity contribution in [3.05, 3.63) is 39.1 Å². The molecule has 1 aromatic heterocycles. The lowest BCUT2D eigenvalue weighted by Gasteiger charge is -2.16. The first kappa shape index (κ1) is 17.0. The SMILES string of the molecule is COc1ccc(Cl)c(N=c2scc(C)n2C2CCN(C(C)=O)C2)c1. The molecule has 0 radical (unpaired) electrons. The normalized spacial score (nSPS) is 18.2. The number of halogens is 1. The summed E-state index contributed by atoms with van der Waals surface area (Å²) in [6, 6.07) is 5.69. The van der Waals surface area contributed by atoms with Gasteiger partial charge in [-0.05, 0) is 25.5 Å². The molecule has 1 aromatic carbocycles. The van der Waals surface area contributed by atoms with Gasteiger partial charge in [0.15, 0.2) is 4.80 Å². The van der Waals surface area contributed by atoms with Crippen LogP contribution in [0.5, 0.6) is 5.75 Å². The number of thiazole rings is 1. The van der Waals surface area contributed by atoms with Crippen molar-refractivity contribution in [1.29, 1.82) is 0 Å². The highest BCUT2D eigenvalue weighted by Crippen LogP contribution is 2.29. The van der Waals surface area contributed by atoms with Crippen molar-refractivity contribution in [2.24, 2.45) is 4.99 Å². The maximum atomic E-state index is 11.6. The summed E-state index contributed by atoms with van der Waals surface area (Å²) in [5.74, 6) is 0.849. The van der Waals surface area contributed by atoms with E-state index in [1.807, 2.05) is 17.0 Å². The van der Waals surface area contributed by atoms with Crippen LogP contribution in [0.3, 0.4) is 0 Å². The summed E-state index contributed by atoms with van der Waals surface area (Å²) in [6.07, 6.45) is 0.941. The lowest BCUT2D eigenvalue weighted by molar-refractivity contribution is -0.127. The highest BCUT2D eigenvalue weighted by molar-refractivity contribution is 7.07. The van der Waals surface area contributed by atoms with Gasteiger partial charge >= 0.3 is 0 Å². The predicted molar refractivity (Wildman–Crippen MR) is 96.2 cm³/mol. The molecular weight excluding hydrogens is 346 g/mol. The van der Waals surface area contributed by atoms with Crippen molar-refractivity contribution >= 4 is 34.5 Å². The highest BCUT2D eigenvalue weighted by Gasteiger charge is 2.26. The van der Waals surface area contributed by atoms with Crippen molar-refractivity contribution in [2.45, 2.75) is 26.3 Å². The molecule has 2 aromatic rings. The molecule has 0 saturated carbocycles. The summed E-state index contributed by atoms with van der Waals surface area (Å²) in [5, 5.41) is 2.67. The molecule has 0 bridgehead atoms. The molecular formula is C17H20ClN3O2S. The second-order valence-electron chi connectivity index (χ2n) is 5.87. The number of nitrogens with zero attached hydrogens (tertiary/aromatic N) is 3. The zero-order valence-corrected chi connectivity index (χ0v) is 15.5. The third-order valence-electron chi connectivity index (χ3n) is 4.26. The minimum Gasteiger partial charge on any atom is -0.497 e. The van der Waals surface area contributed by atoms with Gasteiger partial charge in [-0.1, -0.05) is 11.6 Å². The minimum absolute atomic E-state index is 0.125. The Hall–Kier alpha value is -1.79. The van der Waals surface area contributed by atoms with Crippen LogP contribution in [0, 0.1) is 6.92 Å². The average Bonchev–Trinajstić information content (AvgIpc) is 3.16. The third-order valence-corrected chi connectivity index (χ3v) is 5.54. The zero-order chi connectivity index (χ0) is 17.3. The molecule has 0 spiro atoms. The third kappa shape index (κ3) is 3.35. The zero-order valence-electron chi connectivity index (χ0n) is 14.0. The number of likely N-dealkylation sites (tertiary alicyclic amines) is 1. The van der Waals surface area contributed by atoms with Crippen LogP contribution in [0.1, 0.15) is 25.1 Å². The number of aromatic nitrogens is 1. The van der Waals surface area contributed by atoms with Crippen molar-refractivity contribution in [2.75, 3.05) is 20.2 Å². The van der Waals surface area contributed by atoms with Gasteiger partial charge in [0.25, 0.3) is 0 Å². The Kier molecular flexibility index (Phi) is 4.96. The molecule has 5 nitrogen and oxygen atoms in total. The smallest absolute Gasteiger partial charge is 0.219 e. The largest absolute Gasteiger partial charge is 0.497 e. The van der Waals surface area contributed by atoms with Gasteiger partial charge in [-0.3, -0.25) is 4.79 Å². The second kappa shape index (κ2) is 6.99. The van der Waals surface area contributed by atoms with Crippen molar-refractivity contribution in [3.63, 3.8) is 0 Å². The van der Waals surface area contributed by atoms with E-state index in [2.05, 4.69) is 16.9 Å². The fourth-order valence-electron chi connectivity index (χ4n) is 2.97. The van der Waals surface area contributed by atoms with E-state index in [0.29, 0.717) is 10.7 Å². The summed E-state index contributed by atoms with van der Waals surface area (Å²) >= 11 is 7.86. The van der Waals surface area contributed by atoms with Crippen molar-refractivity contribution in [3.8, 4) is 5.75 Å². The van der Waals surface area contributed by atoms with Crippen LogP contribution in [0.15, 0.2) is 28.6 Å². The maximum Gasteiger partial charge on any atom is 0.219 e. The van der Waals surface area contributed by atoms with E-state index >= 15 is 0 Å². The first-order valence-corrected chi connectivity index (χ1v) is 9.05. The van der Waals surface area contributed by atoms with E-state index in [1.165, 1.54) is 0 Å². The van der Waals surface area contributed by atoms with Crippen LogP contribution in [0.2, 0.25) is 5.02 Å². The number of carbonyl (C=O) groups excluding carboxylic acids is 1. The van der Waals surface area contributed by atoms with Gasteiger partial charge in [0.1, 0.15) is 5.75 Å². The Bertz CT molecular complexity index is 827. The van der Waals surface area contributed by atoms with E-state index < -0.39 is 0 Å². The van der Waals surface area contributed by atoms with Crippen molar-refractivity contribution < 1.29 is 9.53 Å². The molecule has 1 amide bonds. The molecule has 24 heavy (non-hydrogen) atoms. The molecule has 1 atom stereocenters. The molecule has 1 saturated heterocycles. The molecule has 1 aliphatic heterocycles. The Balaban J connectivity index is 2.00. The van der Waals surface area contributed by atoms with E-state index in [1.54, 1.807) is 31.4 Å². The first-order valence-electron chi connectivity index (χ1n) is 7.80. The number of hydrogen-bond acceptors (Lipinski definition) is 4. The van der Waals surface area contributed by atoms with Crippen LogP contribution in [0.4, 0.5) is 5.69 Å². The molecule has 0 aliphatic carbocycles. The Morgan fingerprint density at radius 1 is 1.46 bits per heavy atom. The van der Waals surface area contributed by atoms with Crippen LogP contribution in [-0.2, 0) is 4.79 Å². The lowest BCUT2D eigenvalue weighted by atomic mass is 10.2. The van der Waals surface area contributed by atoms with Gasteiger partial charge in [0.05, 0.1) is 23.9 Å². The first-order chi connectivity index (χ1) is 11.5. The fraction of sp³-hybridized carbons (Fsp3) is 0.412. The van der Waals surface area contributed by atoms with E-state index in [-0.39, 0.29) is 11.9 Å². The number of aryl methyl sites for hydroxylation is 1. The standard InChI is InChI=1S/C17H20ClN3O2S/c1-11-10-24-17(19-16-8-14(23-3)4-5-15(16)18)21(11)13-6-7-20(9-13)12(2)22/h4-5,8,10,13H,6-7,9H2,1-3H3. The number of hydrogen-bond donors (Lipinski definition) is 0. The second-order valence-corrected chi connectivity index (χ2v) is 7.11. The Morgan fingerprint density at radius 2 is 2.25 bits per heavy atom. The van der Waals surface area contributed by atoms with Crippen LogP contribution in [0.25, 0.3) is 0 Å². The van der Waals surface area contributed by atoms with Crippen molar-refractivity contribution in [1.82, 2.24) is 9.47 Å². The van der Waals surface area contributed by atoms with Gasteiger partial charge in [-0.2, -0.15) is 0 Å². The summed E-state index contributed by atoms with van der Waals surface area (Å²) in [5.41, 5.74) is 1.83. The van der Waals surface area contributed by atoms with E-state index in [9.17, 15) is 4.79 Å². The molecule has 7 heteroatoms. The van der Waals surface area contributed by atoms with Gasteiger partial charge in [0, 0.05) is 37.2 Å². The summed E-state index contributed by atoms with van der Waals surface area (Å²) < 4.78 is 7.47.